The van der Waals surface area contributed by atoms with Crippen molar-refractivity contribution < 1.29 is 0 Å². The summed E-state index contributed by atoms with van der Waals surface area (Å²) in [7, 11) is 0. The zero-order chi connectivity index (χ0) is 10.3. The fourth-order valence-corrected chi connectivity index (χ4v) is 3.45. The third kappa shape index (κ3) is 2.07. The van der Waals surface area contributed by atoms with Gasteiger partial charge in [0.15, 0.2) is 0 Å². The van der Waals surface area contributed by atoms with Gasteiger partial charge in [-0.2, -0.15) is 0 Å². The molecule has 1 heterocycles. The van der Waals surface area contributed by atoms with E-state index in [2.05, 4.69) is 17.6 Å². The minimum absolute atomic E-state index is 0.660. The van der Waals surface area contributed by atoms with Gasteiger partial charge in [-0.3, -0.25) is 0 Å². The molecule has 3 fully saturated rings. The van der Waals surface area contributed by atoms with Gasteiger partial charge < -0.3 is 10.6 Å². The second-order valence-electron chi connectivity index (χ2n) is 6.31. The minimum Gasteiger partial charge on any atom is -0.315 e. The molecule has 2 aliphatic carbocycles. The van der Waals surface area contributed by atoms with E-state index in [1.165, 1.54) is 51.7 Å². The normalized spacial score (nSPS) is 41.8. The van der Waals surface area contributed by atoms with E-state index >= 15 is 0 Å². The molecular formula is C13H24N2. The van der Waals surface area contributed by atoms with Gasteiger partial charge in [0.1, 0.15) is 0 Å². The molecule has 1 aliphatic heterocycles. The topological polar surface area (TPSA) is 24.1 Å². The van der Waals surface area contributed by atoms with Crippen LogP contribution in [0.5, 0.6) is 0 Å². The maximum Gasteiger partial charge on any atom is 0.0223 e. The number of hydrogen-bond acceptors (Lipinski definition) is 2. The first-order valence-corrected chi connectivity index (χ1v) is 6.71. The Hall–Kier alpha value is -0.0800. The van der Waals surface area contributed by atoms with Crippen LogP contribution >= 0.6 is 0 Å². The zero-order valence-corrected chi connectivity index (χ0v) is 9.89. The molecule has 0 amide bonds. The Morgan fingerprint density at radius 3 is 3.00 bits per heavy atom. The number of nitrogens with one attached hydrogen (secondary N) is 2. The third-order valence-corrected chi connectivity index (χ3v) is 4.90. The summed E-state index contributed by atoms with van der Waals surface area (Å²) in [6.45, 7) is 6.13. The average molecular weight is 208 g/mol. The summed E-state index contributed by atoms with van der Waals surface area (Å²) >= 11 is 0. The fraction of sp³-hybridized carbons (Fsp3) is 1.00. The molecule has 3 atom stereocenters. The molecule has 2 heteroatoms. The van der Waals surface area contributed by atoms with Crippen molar-refractivity contribution >= 4 is 0 Å². The molecule has 3 aliphatic rings. The van der Waals surface area contributed by atoms with Crippen LogP contribution in [-0.2, 0) is 0 Å². The highest BCUT2D eigenvalue weighted by molar-refractivity contribution is 4.96. The lowest BCUT2D eigenvalue weighted by Gasteiger charge is -2.20. The number of rotatable bonds is 4. The molecule has 0 radical (unpaired) electrons. The van der Waals surface area contributed by atoms with Gasteiger partial charge >= 0.3 is 0 Å². The highest BCUT2D eigenvalue weighted by atomic mass is 15.0. The van der Waals surface area contributed by atoms with Crippen LogP contribution in [-0.4, -0.2) is 25.7 Å². The van der Waals surface area contributed by atoms with E-state index in [0.717, 1.165) is 17.9 Å². The van der Waals surface area contributed by atoms with Crippen molar-refractivity contribution in [2.24, 2.45) is 17.3 Å². The molecule has 0 aromatic heterocycles. The van der Waals surface area contributed by atoms with Crippen LogP contribution in [0.15, 0.2) is 0 Å². The molecule has 15 heavy (non-hydrogen) atoms. The predicted octanol–water partition coefficient (Wildman–Crippen LogP) is 1.76. The second-order valence-corrected chi connectivity index (χ2v) is 6.31. The lowest BCUT2D eigenvalue weighted by Crippen LogP contribution is -2.39. The van der Waals surface area contributed by atoms with E-state index in [4.69, 9.17) is 0 Å². The van der Waals surface area contributed by atoms with Crippen molar-refractivity contribution in [3.8, 4) is 0 Å². The Morgan fingerprint density at radius 2 is 2.20 bits per heavy atom. The SMILES string of the molecule is CC1(CNCC2NCC3CCCC32)CC1. The van der Waals surface area contributed by atoms with Crippen LogP contribution in [0, 0.1) is 17.3 Å². The lowest BCUT2D eigenvalue weighted by molar-refractivity contribution is 0.379. The minimum atomic E-state index is 0.660. The number of hydrogen-bond donors (Lipinski definition) is 2. The van der Waals surface area contributed by atoms with Crippen LogP contribution in [0.3, 0.4) is 0 Å². The Bertz CT molecular complexity index is 235. The first-order valence-electron chi connectivity index (χ1n) is 6.71. The van der Waals surface area contributed by atoms with Crippen molar-refractivity contribution in [2.45, 2.75) is 45.1 Å². The van der Waals surface area contributed by atoms with E-state index in [1.807, 2.05) is 0 Å². The predicted molar refractivity (Wildman–Crippen MR) is 62.8 cm³/mol. The largest absolute Gasteiger partial charge is 0.315 e. The van der Waals surface area contributed by atoms with E-state index < -0.39 is 0 Å². The maximum absolute atomic E-state index is 3.70. The second kappa shape index (κ2) is 3.74. The maximum atomic E-state index is 3.70. The van der Waals surface area contributed by atoms with Gasteiger partial charge in [0.2, 0.25) is 0 Å². The summed E-state index contributed by atoms with van der Waals surface area (Å²) in [6.07, 6.45) is 7.30. The van der Waals surface area contributed by atoms with Gasteiger partial charge in [-0.15, -0.1) is 0 Å². The van der Waals surface area contributed by atoms with E-state index in [0.29, 0.717) is 5.41 Å². The van der Waals surface area contributed by atoms with Gasteiger partial charge in [0.05, 0.1) is 0 Å². The van der Waals surface area contributed by atoms with Crippen molar-refractivity contribution in [3.63, 3.8) is 0 Å². The van der Waals surface area contributed by atoms with Crippen LogP contribution in [0.1, 0.15) is 39.0 Å². The van der Waals surface area contributed by atoms with Crippen LogP contribution in [0.4, 0.5) is 0 Å². The van der Waals surface area contributed by atoms with E-state index in [9.17, 15) is 0 Å². The van der Waals surface area contributed by atoms with Gasteiger partial charge in [-0.05, 0) is 49.5 Å². The third-order valence-electron chi connectivity index (χ3n) is 4.90. The monoisotopic (exact) mass is 208 g/mol. The van der Waals surface area contributed by atoms with Crippen molar-refractivity contribution in [1.29, 1.82) is 0 Å². The van der Waals surface area contributed by atoms with E-state index in [-0.39, 0.29) is 0 Å². The Kier molecular flexibility index (Phi) is 2.52. The van der Waals surface area contributed by atoms with Gasteiger partial charge in [-0.25, -0.2) is 0 Å². The molecule has 2 N–H and O–H groups in total. The lowest BCUT2D eigenvalue weighted by atomic mass is 9.94. The van der Waals surface area contributed by atoms with Crippen molar-refractivity contribution in [3.05, 3.63) is 0 Å². The smallest absolute Gasteiger partial charge is 0.0223 e. The van der Waals surface area contributed by atoms with Gasteiger partial charge in [0, 0.05) is 19.1 Å². The van der Waals surface area contributed by atoms with Crippen LogP contribution < -0.4 is 10.6 Å². The summed E-state index contributed by atoms with van der Waals surface area (Å²) in [5.41, 5.74) is 0.660. The Morgan fingerprint density at radius 1 is 1.33 bits per heavy atom. The van der Waals surface area contributed by atoms with Gasteiger partial charge in [-0.1, -0.05) is 13.3 Å². The molecule has 0 aromatic carbocycles. The molecule has 0 spiro atoms. The fourth-order valence-electron chi connectivity index (χ4n) is 3.45. The molecule has 1 saturated heterocycles. The zero-order valence-electron chi connectivity index (χ0n) is 9.89. The van der Waals surface area contributed by atoms with Crippen molar-refractivity contribution in [1.82, 2.24) is 10.6 Å². The molecule has 3 unspecified atom stereocenters. The molecule has 86 valence electrons. The van der Waals surface area contributed by atoms with Crippen LogP contribution in [0.2, 0.25) is 0 Å². The molecule has 2 nitrogen and oxygen atoms in total. The standard InChI is InChI=1S/C13H24N2/c1-13(5-6-13)9-14-8-12-11-4-2-3-10(11)7-15-12/h10-12,14-15H,2-9H2,1H3. The summed E-state index contributed by atoms with van der Waals surface area (Å²) in [6, 6.07) is 0.778. The number of fused-ring (bicyclic) bond motifs is 1. The molecule has 3 rings (SSSR count). The molecule has 0 bridgehead atoms. The van der Waals surface area contributed by atoms with Crippen molar-refractivity contribution in [2.75, 3.05) is 19.6 Å². The van der Waals surface area contributed by atoms with Gasteiger partial charge in [0.25, 0.3) is 0 Å². The first-order chi connectivity index (χ1) is 7.27. The molecule has 0 aromatic rings. The average Bonchev–Trinajstić information content (AvgIpc) is 2.66. The summed E-state index contributed by atoms with van der Waals surface area (Å²) < 4.78 is 0. The highest BCUT2D eigenvalue weighted by Gasteiger charge is 2.40. The Balaban J connectivity index is 1.43. The highest BCUT2D eigenvalue weighted by Crippen LogP contribution is 2.44. The summed E-state index contributed by atoms with van der Waals surface area (Å²) in [5.74, 6) is 2.00. The summed E-state index contributed by atoms with van der Waals surface area (Å²) in [5, 5.41) is 7.38. The first kappa shape index (κ1) is 10.1. The molecular weight excluding hydrogens is 184 g/mol. The van der Waals surface area contributed by atoms with E-state index in [1.54, 1.807) is 0 Å². The molecule has 2 saturated carbocycles. The summed E-state index contributed by atoms with van der Waals surface area (Å²) in [4.78, 5) is 0. The quantitative estimate of drug-likeness (QED) is 0.735. The Labute approximate surface area is 93.2 Å². The van der Waals surface area contributed by atoms with Crippen LogP contribution in [0.25, 0.3) is 0 Å².